The van der Waals surface area contributed by atoms with Crippen LogP contribution in [0.4, 0.5) is 0 Å². The van der Waals surface area contributed by atoms with Gasteiger partial charge in [0.2, 0.25) is 17.7 Å². The number of hydrogen-bond donors (Lipinski definition) is 8. The van der Waals surface area contributed by atoms with Gasteiger partial charge in [-0.3, -0.25) is 39.0 Å². The number of nitrogens with one attached hydrogen (secondary N) is 3. The third-order valence-corrected chi connectivity index (χ3v) is 15.0. The van der Waals surface area contributed by atoms with Crippen LogP contribution >= 0.6 is 11.8 Å². The largest absolute Gasteiger partial charge is 0.481 e. The number of aryl methyl sites for hydroxylation is 4. The number of hydrogen-bond acceptors (Lipinski definition) is 11. The molecule has 7 unspecified atom stereocenters. The lowest BCUT2D eigenvalue weighted by atomic mass is 9.77. The number of unbranched alkanes of at least 4 members (excludes halogenated alkanes) is 1. The SMILES string of the molecule is CCCSCCCCNC(=O)C(CC(C)C(=O)NCCOCCOCCC(=O)NN)CC(CC(CC(C)C(=O)O)c1ccc2c(c1)CCc1ccc(C(CC(C)C(=O)O)CC(C)C(=O)O)cc1CC2)C(=O)O. The summed E-state index contributed by atoms with van der Waals surface area (Å²) in [6.45, 7) is 10.2. The first-order valence-electron chi connectivity index (χ1n) is 25.8. The summed E-state index contributed by atoms with van der Waals surface area (Å²) in [4.78, 5) is 87.6. The van der Waals surface area contributed by atoms with E-state index in [0.717, 1.165) is 64.1 Å². The van der Waals surface area contributed by atoms with Crippen molar-refractivity contribution in [1.29, 1.82) is 0 Å². The van der Waals surface area contributed by atoms with Gasteiger partial charge in [0.1, 0.15) is 0 Å². The third kappa shape index (κ3) is 22.0. The molecule has 17 nitrogen and oxygen atoms in total. The highest BCUT2D eigenvalue weighted by atomic mass is 32.2. The second-order valence-electron chi connectivity index (χ2n) is 19.7. The van der Waals surface area contributed by atoms with E-state index in [9.17, 15) is 54.0 Å². The molecule has 0 aromatic heterocycles. The van der Waals surface area contributed by atoms with Gasteiger partial charge in [-0.15, -0.1) is 0 Å². The summed E-state index contributed by atoms with van der Waals surface area (Å²) in [5, 5.41) is 46.1. The number of carbonyl (C=O) groups excluding carboxylic acids is 3. The number of thioether (sulfide) groups is 1. The fraction of sp³-hybridized carbons (Fsp3) is 0.648. The number of hydrazine groups is 1. The van der Waals surface area contributed by atoms with Crippen molar-refractivity contribution in [2.24, 2.45) is 41.4 Å². The van der Waals surface area contributed by atoms with E-state index in [-0.39, 0.29) is 88.7 Å². The number of carboxylic acid groups (broad SMARTS) is 4. The van der Waals surface area contributed by atoms with Gasteiger partial charge < -0.3 is 40.5 Å². The van der Waals surface area contributed by atoms with Crippen LogP contribution in [0.15, 0.2) is 36.4 Å². The Morgan fingerprint density at radius 3 is 1.56 bits per heavy atom. The molecule has 0 aliphatic heterocycles. The summed E-state index contributed by atoms with van der Waals surface area (Å²) in [6, 6.07) is 12.2. The molecule has 0 radical (unpaired) electrons. The molecule has 1 aliphatic carbocycles. The summed E-state index contributed by atoms with van der Waals surface area (Å²) >= 11 is 1.86. The van der Waals surface area contributed by atoms with Crippen molar-refractivity contribution in [3.05, 3.63) is 69.8 Å². The van der Waals surface area contributed by atoms with Crippen LogP contribution in [0, 0.1) is 35.5 Å². The Kier molecular flexibility index (Phi) is 28.0. The van der Waals surface area contributed by atoms with Crippen LogP contribution < -0.4 is 21.9 Å². The van der Waals surface area contributed by atoms with E-state index in [1.165, 1.54) is 0 Å². The molecule has 402 valence electrons. The highest BCUT2D eigenvalue weighted by molar-refractivity contribution is 7.99. The van der Waals surface area contributed by atoms with Crippen LogP contribution in [-0.2, 0) is 68.7 Å². The third-order valence-electron chi connectivity index (χ3n) is 13.8. The number of aliphatic carboxylic acids is 4. The molecule has 0 spiro atoms. The molecule has 18 heteroatoms. The number of amides is 3. The zero-order valence-corrected chi connectivity index (χ0v) is 43.9. The highest BCUT2D eigenvalue weighted by Gasteiger charge is 2.34. The van der Waals surface area contributed by atoms with Gasteiger partial charge in [-0.05, 0) is 140 Å². The quantitative estimate of drug-likeness (QED) is 0.0151. The lowest BCUT2D eigenvalue weighted by Crippen LogP contribution is -2.38. The number of carbonyl (C=O) groups is 7. The van der Waals surface area contributed by atoms with Crippen molar-refractivity contribution < 1.29 is 63.5 Å². The molecule has 2 aromatic carbocycles. The minimum absolute atomic E-state index is 0.0475. The molecule has 0 saturated heterocycles. The van der Waals surface area contributed by atoms with Gasteiger partial charge in [0, 0.05) is 24.9 Å². The van der Waals surface area contributed by atoms with Crippen LogP contribution in [0.1, 0.15) is 144 Å². The van der Waals surface area contributed by atoms with Crippen LogP contribution in [0.25, 0.3) is 0 Å². The number of ether oxygens (including phenoxy) is 2. The van der Waals surface area contributed by atoms with Crippen molar-refractivity contribution in [2.45, 2.75) is 136 Å². The maximum absolute atomic E-state index is 14.0. The van der Waals surface area contributed by atoms with Crippen LogP contribution in [0.2, 0.25) is 0 Å². The van der Waals surface area contributed by atoms with Crippen molar-refractivity contribution in [1.82, 2.24) is 16.1 Å². The van der Waals surface area contributed by atoms with Crippen LogP contribution in [0.5, 0.6) is 0 Å². The Morgan fingerprint density at radius 2 is 1.06 bits per heavy atom. The number of carboxylic acids is 4. The number of nitrogens with two attached hydrogens (primary N) is 1. The molecular formula is C54H82N4O13S. The average Bonchev–Trinajstić information content (AvgIpc) is 3.34. The summed E-state index contributed by atoms with van der Waals surface area (Å²) < 4.78 is 10.9. The van der Waals surface area contributed by atoms with Gasteiger partial charge >= 0.3 is 23.9 Å². The van der Waals surface area contributed by atoms with Gasteiger partial charge in [-0.25, -0.2) is 5.84 Å². The fourth-order valence-electron chi connectivity index (χ4n) is 9.35. The molecule has 3 rings (SSSR count). The van der Waals surface area contributed by atoms with Crippen LogP contribution in [-0.4, -0.2) is 113 Å². The van der Waals surface area contributed by atoms with E-state index in [1.54, 1.807) is 27.7 Å². The zero-order valence-electron chi connectivity index (χ0n) is 43.1. The molecule has 7 atom stereocenters. The topological polar surface area (TPSA) is 281 Å². The molecule has 3 amide bonds. The van der Waals surface area contributed by atoms with E-state index >= 15 is 0 Å². The monoisotopic (exact) mass is 1030 g/mol. The number of fused-ring (bicyclic) bond motifs is 2. The normalized spacial score (nSPS) is 15.6. The van der Waals surface area contributed by atoms with Gasteiger partial charge in [0.05, 0.1) is 56.5 Å². The summed E-state index contributed by atoms with van der Waals surface area (Å²) in [6.07, 6.45) is 6.59. The van der Waals surface area contributed by atoms with Gasteiger partial charge in [0.15, 0.2) is 0 Å². The Hall–Kier alpha value is -5.04. The number of benzene rings is 2. The highest BCUT2D eigenvalue weighted by Crippen LogP contribution is 2.37. The summed E-state index contributed by atoms with van der Waals surface area (Å²) in [5.41, 5.74) is 8.26. The Bertz CT molecular complexity index is 2050. The van der Waals surface area contributed by atoms with E-state index in [4.69, 9.17) is 15.3 Å². The van der Waals surface area contributed by atoms with E-state index in [0.29, 0.717) is 45.1 Å². The molecule has 2 aromatic rings. The summed E-state index contributed by atoms with van der Waals surface area (Å²) in [5.74, 6) is -3.10. The van der Waals surface area contributed by atoms with Gasteiger partial charge in [0.25, 0.3) is 0 Å². The smallest absolute Gasteiger partial charge is 0.306 e. The molecule has 9 N–H and O–H groups in total. The van der Waals surface area contributed by atoms with Crippen molar-refractivity contribution >= 4 is 53.4 Å². The molecular weight excluding hydrogens is 945 g/mol. The van der Waals surface area contributed by atoms with Crippen molar-refractivity contribution in [3.63, 3.8) is 0 Å². The molecule has 0 heterocycles. The van der Waals surface area contributed by atoms with Gasteiger partial charge in [-0.2, -0.15) is 11.8 Å². The molecule has 0 bridgehead atoms. The van der Waals surface area contributed by atoms with Crippen molar-refractivity contribution in [3.8, 4) is 0 Å². The van der Waals surface area contributed by atoms with Crippen molar-refractivity contribution in [2.75, 3.05) is 51.0 Å². The lowest BCUT2D eigenvalue weighted by molar-refractivity contribution is -0.144. The summed E-state index contributed by atoms with van der Waals surface area (Å²) in [7, 11) is 0. The van der Waals surface area contributed by atoms with Crippen LogP contribution in [0.3, 0.4) is 0 Å². The fourth-order valence-corrected chi connectivity index (χ4v) is 10.3. The first kappa shape index (κ1) is 61.3. The predicted octanol–water partition coefficient (Wildman–Crippen LogP) is 6.76. The minimum Gasteiger partial charge on any atom is -0.481 e. The average molecular weight is 1030 g/mol. The minimum atomic E-state index is -1.10. The predicted molar refractivity (Wildman–Crippen MR) is 277 cm³/mol. The standard InChI is InChI=1S/C54H82N4O13S/c1-6-24-72-25-8-7-18-56-50(61)46(26-34(2)49(60)57-19-21-71-23-22-70-20-17-48(59)58-55)33-47(54(68)69)32-45(29-37(5)53(66)67)43-16-12-39-9-13-40-30-42(15-11-38(40)10-14-41(39)31-43)44(27-35(3)51(62)63)28-36(4)52(64)65/h11-12,15-16,30-31,34-37,44-47H,6-10,13-14,17-29,32-33,55H2,1-5H3,(H,56,61)(H,57,60)(H,58,59)(H,62,63)(H,64,65)(H,66,67)(H,68,69). The van der Waals surface area contributed by atoms with E-state index < -0.39 is 65.3 Å². The Labute approximate surface area is 429 Å². The first-order valence-corrected chi connectivity index (χ1v) is 26.9. The Morgan fingerprint density at radius 1 is 0.556 bits per heavy atom. The lowest BCUT2D eigenvalue weighted by Gasteiger charge is -2.28. The number of rotatable bonds is 36. The maximum atomic E-state index is 14.0. The van der Waals surface area contributed by atoms with E-state index in [1.807, 2.05) is 35.4 Å². The van der Waals surface area contributed by atoms with E-state index in [2.05, 4.69) is 35.8 Å². The first-order chi connectivity index (χ1) is 34.3. The molecule has 1 aliphatic rings. The maximum Gasteiger partial charge on any atom is 0.306 e. The molecule has 0 fully saturated rings. The Balaban J connectivity index is 1.81. The molecule has 0 saturated carbocycles. The second-order valence-corrected chi connectivity index (χ2v) is 20.9. The second kappa shape index (κ2) is 32.9. The zero-order chi connectivity index (χ0) is 53.2. The van der Waals surface area contributed by atoms with Gasteiger partial charge in [-0.1, -0.05) is 71.0 Å². The molecule has 72 heavy (non-hydrogen) atoms.